The molecule has 1 saturated heterocycles. The zero-order valence-corrected chi connectivity index (χ0v) is 12.5. The van der Waals surface area contributed by atoms with Gasteiger partial charge in [-0.1, -0.05) is 11.6 Å². The van der Waals surface area contributed by atoms with Crippen LogP contribution in [0.15, 0.2) is 12.1 Å². The molecular formula is C13H19ClN4O2. The van der Waals surface area contributed by atoms with E-state index in [-0.39, 0.29) is 10.8 Å². The van der Waals surface area contributed by atoms with Gasteiger partial charge >= 0.3 is 5.69 Å². The number of hydrogen-bond donors (Lipinski definition) is 0. The van der Waals surface area contributed by atoms with Crippen LogP contribution in [-0.4, -0.2) is 48.5 Å². The van der Waals surface area contributed by atoms with Crippen LogP contribution in [0, 0.1) is 16.0 Å². The minimum atomic E-state index is -0.413. The first-order valence-electron chi connectivity index (χ1n) is 6.68. The highest BCUT2D eigenvalue weighted by Crippen LogP contribution is 2.28. The summed E-state index contributed by atoms with van der Waals surface area (Å²) in [5.41, 5.74) is 0.00447. The lowest BCUT2D eigenvalue weighted by Crippen LogP contribution is -2.36. The van der Waals surface area contributed by atoms with E-state index in [2.05, 4.69) is 16.9 Å². The fourth-order valence-electron chi connectivity index (χ4n) is 2.56. The van der Waals surface area contributed by atoms with E-state index in [0.29, 0.717) is 11.7 Å². The minimum absolute atomic E-state index is 0.00447. The summed E-state index contributed by atoms with van der Waals surface area (Å²) < 4.78 is 0. The Morgan fingerprint density at radius 2 is 2.15 bits per heavy atom. The number of aromatic nitrogens is 1. The predicted octanol–water partition coefficient (Wildman–Crippen LogP) is 2.42. The number of nitrogens with zero attached hydrogens (tertiary/aromatic N) is 4. The third kappa shape index (κ3) is 3.58. The van der Waals surface area contributed by atoms with Crippen molar-refractivity contribution < 1.29 is 4.92 Å². The molecule has 1 aliphatic heterocycles. The lowest BCUT2D eigenvalue weighted by Gasteiger charge is -2.31. The summed E-state index contributed by atoms with van der Waals surface area (Å²) in [6.45, 7) is 2.91. The lowest BCUT2D eigenvalue weighted by molar-refractivity contribution is -0.384. The highest BCUT2D eigenvalue weighted by molar-refractivity contribution is 6.29. The monoisotopic (exact) mass is 298 g/mol. The number of rotatable bonds is 4. The number of likely N-dealkylation sites (tertiary alicyclic amines) is 1. The maximum Gasteiger partial charge on any atom is 0.311 e. The average molecular weight is 299 g/mol. The second-order valence-corrected chi connectivity index (χ2v) is 5.75. The highest BCUT2D eigenvalue weighted by atomic mass is 35.5. The Bertz CT molecular complexity index is 489. The molecule has 0 bridgehead atoms. The Hall–Kier alpha value is -1.40. The van der Waals surface area contributed by atoms with Crippen LogP contribution in [0.1, 0.15) is 12.8 Å². The van der Waals surface area contributed by atoms with E-state index in [9.17, 15) is 10.1 Å². The first-order chi connectivity index (χ1) is 9.47. The van der Waals surface area contributed by atoms with E-state index in [4.69, 9.17) is 11.6 Å². The Morgan fingerprint density at radius 3 is 2.75 bits per heavy atom. The van der Waals surface area contributed by atoms with Crippen molar-refractivity contribution >= 4 is 23.1 Å². The number of pyridine rings is 1. The maximum absolute atomic E-state index is 11.1. The van der Waals surface area contributed by atoms with Gasteiger partial charge in [0, 0.05) is 19.7 Å². The van der Waals surface area contributed by atoms with Crippen LogP contribution in [0.5, 0.6) is 0 Å². The normalized spacial score (nSPS) is 17.1. The van der Waals surface area contributed by atoms with Crippen molar-refractivity contribution in [2.24, 2.45) is 5.92 Å². The summed E-state index contributed by atoms with van der Waals surface area (Å²) >= 11 is 5.86. The van der Waals surface area contributed by atoms with Crippen LogP contribution in [-0.2, 0) is 0 Å². The lowest BCUT2D eigenvalue weighted by atomic mass is 9.97. The van der Waals surface area contributed by atoms with Gasteiger partial charge in [0.2, 0.25) is 5.82 Å². The topological polar surface area (TPSA) is 62.5 Å². The van der Waals surface area contributed by atoms with E-state index >= 15 is 0 Å². The van der Waals surface area contributed by atoms with Crippen LogP contribution in [0.2, 0.25) is 5.15 Å². The molecule has 20 heavy (non-hydrogen) atoms. The number of anilines is 1. The van der Waals surface area contributed by atoms with Crippen molar-refractivity contribution in [3.05, 3.63) is 27.4 Å². The van der Waals surface area contributed by atoms with E-state index in [1.54, 1.807) is 0 Å². The first kappa shape index (κ1) is 15.0. The Labute approximate surface area is 123 Å². The van der Waals surface area contributed by atoms with Gasteiger partial charge in [0.25, 0.3) is 0 Å². The molecule has 0 unspecified atom stereocenters. The van der Waals surface area contributed by atoms with E-state index in [0.717, 1.165) is 32.5 Å². The minimum Gasteiger partial charge on any atom is -0.354 e. The fraction of sp³-hybridized carbons (Fsp3) is 0.615. The zero-order chi connectivity index (χ0) is 14.7. The van der Waals surface area contributed by atoms with Crippen molar-refractivity contribution in [2.45, 2.75) is 12.8 Å². The van der Waals surface area contributed by atoms with Gasteiger partial charge in [-0.05, 0) is 45.0 Å². The van der Waals surface area contributed by atoms with Crippen molar-refractivity contribution in [3.8, 4) is 0 Å². The second-order valence-electron chi connectivity index (χ2n) is 5.36. The number of hydrogen-bond acceptors (Lipinski definition) is 5. The van der Waals surface area contributed by atoms with Crippen molar-refractivity contribution in [2.75, 3.05) is 38.6 Å². The molecule has 1 aromatic rings. The molecule has 0 aromatic carbocycles. The number of nitro groups is 1. The number of piperidine rings is 1. The van der Waals surface area contributed by atoms with Crippen LogP contribution in [0.25, 0.3) is 0 Å². The molecule has 110 valence electrons. The molecule has 0 saturated carbocycles. The summed E-state index contributed by atoms with van der Waals surface area (Å²) in [6.07, 6.45) is 2.21. The van der Waals surface area contributed by atoms with Gasteiger partial charge in [-0.25, -0.2) is 4.98 Å². The van der Waals surface area contributed by atoms with Gasteiger partial charge in [0.05, 0.1) is 4.92 Å². The molecule has 0 amide bonds. The van der Waals surface area contributed by atoms with E-state index in [1.165, 1.54) is 12.1 Å². The molecule has 1 aromatic heterocycles. The molecule has 6 nitrogen and oxygen atoms in total. The van der Waals surface area contributed by atoms with Gasteiger partial charge in [-0.3, -0.25) is 10.1 Å². The summed E-state index contributed by atoms with van der Waals surface area (Å²) in [7, 11) is 3.95. The standard InChI is InChI=1S/C13H19ClN4O2/c1-16-7-5-10(6-8-16)9-17(2)13-11(18(19)20)3-4-12(14)15-13/h3-4,10H,5-9H2,1-2H3. The molecule has 0 atom stereocenters. The van der Waals surface area contributed by atoms with Gasteiger partial charge < -0.3 is 9.80 Å². The zero-order valence-electron chi connectivity index (χ0n) is 11.8. The second kappa shape index (κ2) is 6.37. The van der Waals surface area contributed by atoms with Gasteiger partial charge in [-0.15, -0.1) is 0 Å². The van der Waals surface area contributed by atoms with Gasteiger partial charge in [-0.2, -0.15) is 0 Å². The van der Waals surface area contributed by atoms with Gasteiger partial charge in [0.15, 0.2) is 0 Å². The maximum atomic E-state index is 11.1. The molecule has 2 heterocycles. The largest absolute Gasteiger partial charge is 0.354 e. The van der Waals surface area contributed by atoms with Crippen molar-refractivity contribution in [1.29, 1.82) is 0 Å². The van der Waals surface area contributed by atoms with Crippen LogP contribution >= 0.6 is 11.6 Å². The molecule has 1 aliphatic rings. The molecule has 0 aliphatic carbocycles. The summed E-state index contributed by atoms with van der Waals surface area (Å²) in [4.78, 5) is 18.9. The molecule has 1 fully saturated rings. The Morgan fingerprint density at radius 1 is 1.50 bits per heavy atom. The smallest absolute Gasteiger partial charge is 0.311 e. The first-order valence-corrected chi connectivity index (χ1v) is 7.06. The molecule has 0 radical (unpaired) electrons. The third-order valence-corrected chi connectivity index (χ3v) is 3.96. The average Bonchev–Trinajstić information content (AvgIpc) is 2.41. The molecule has 7 heteroatoms. The van der Waals surface area contributed by atoms with E-state index < -0.39 is 4.92 Å². The molecule has 0 N–H and O–H groups in total. The van der Waals surface area contributed by atoms with Crippen LogP contribution in [0.3, 0.4) is 0 Å². The van der Waals surface area contributed by atoms with Crippen molar-refractivity contribution in [1.82, 2.24) is 9.88 Å². The quantitative estimate of drug-likeness (QED) is 0.485. The highest BCUT2D eigenvalue weighted by Gasteiger charge is 2.23. The summed E-state index contributed by atoms with van der Waals surface area (Å²) in [6, 6.07) is 2.86. The number of halogens is 1. The molecular weight excluding hydrogens is 280 g/mol. The fourth-order valence-corrected chi connectivity index (χ4v) is 2.70. The summed E-state index contributed by atoms with van der Waals surface area (Å²) in [5.74, 6) is 0.887. The Kier molecular flexibility index (Phi) is 4.77. The van der Waals surface area contributed by atoms with Gasteiger partial charge in [0.1, 0.15) is 5.15 Å². The van der Waals surface area contributed by atoms with Crippen LogP contribution < -0.4 is 4.90 Å². The Balaban J connectivity index is 2.10. The van der Waals surface area contributed by atoms with E-state index in [1.807, 2.05) is 11.9 Å². The third-order valence-electron chi connectivity index (χ3n) is 3.75. The van der Waals surface area contributed by atoms with Crippen molar-refractivity contribution in [3.63, 3.8) is 0 Å². The van der Waals surface area contributed by atoms with Crippen LogP contribution in [0.4, 0.5) is 11.5 Å². The molecule has 0 spiro atoms. The predicted molar refractivity (Wildman–Crippen MR) is 79.4 cm³/mol. The SMILES string of the molecule is CN1CCC(CN(C)c2nc(Cl)ccc2[N+](=O)[O-])CC1. The molecule has 2 rings (SSSR count). The summed E-state index contributed by atoms with van der Waals surface area (Å²) in [5, 5.41) is 11.3.